The molecule has 3 heterocycles. The van der Waals surface area contributed by atoms with Crippen LogP contribution in [0.1, 0.15) is 29.5 Å². The molecule has 3 aromatic rings. The summed E-state index contributed by atoms with van der Waals surface area (Å²) in [6.45, 7) is 10.1. The highest BCUT2D eigenvalue weighted by Gasteiger charge is 2.31. The molecule has 5 rings (SSSR count). The Balaban J connectivity index is 1.49. The number of fused-ring (bicyclic) bond motifs is 1. The number of aryl methyl sites for hydroxylation is 2. The molecule has 0 bridgehead atoms. The summed E-state index contributed by atoms with van der Waals surface area (Å²) in [6.07, 6.45) is 4.97. The lowest BCUT2D eigenvalue weighted by atomic mass is 10.1. The fourth-order valence-corrected chi connectivity index (χ4v) is 4.89. The van der Waals surface area contributed by atoms with Crippen molar-refractivity contribution < 1.29 is 0 Å². The SMILES string of the molecule is Cc1ccc(C)c(-n2cc(CN3CCN4CCCC4C3)c(-c3ccccc3)n2)c1. The van der Waals surface area contributed by atoms with Crippen LogP contribution in [-0.2, 0) is 6.54 Å². The van der Waals surface area contributed by atoms with Gasteiger partial charge >= 0.3 is 0 Å². The molecular formula is C25H30N4. The van der Waals surface area contributed by atoms with Gasteiger partial charge < -0.3 is 0 Å². The zero-order valence-corrected chi connectivity index (χ0v) is 17.5. The van der Waals surface area contributed by atoms with Crippen molar-refractivity contribution in [3.8, 4) is 16.9 Å². The van der Waals surface area contributed by atoms with Crippen molar-refractivity contribution in [1.82, 2.24) is 19.6 Å². The standard InChI is InChI=1S/C25H30N4/c1-19-10-11-20(2)24(15-19)29-17-22(25(26-29)21-7-4-3-5-8-21)16-27-13-14-28-12-6-9-23(28)18-27/h3-5,7-8,10-11,15,17,23H,6,9,12-14,16,18H2,1-2H3. The van der Waals surface area contributed by atoms with E-state index in [9.17, 15) is 0 Å². The molecule has 150 valence electrons. The van der Waals surface area contributed by atoms with Gasteiger partial charge in [-0.05, 0) is 50.4 Å². The van der Waals surface area contributed by atoms with E-state index in [0.717, 1.165) is 24.8 Å². The maximum absolute atomic E-state index is 5.06. The number of nitrogens with zero attached hydrogens (tertiary/aromatic N) is 4. The predicted molar refractivity (Wildman–Crippen MR) is 118 cm³/mol. The molecule has 2 aliphatic rings. The minimum Gasteiger partial charge on any atom is -0.298 e. The summed E-state index contributed by atoms with van der Waals surface area (Å²) < 4.78 is 2.09. The van der Waals surface area contributed by atoms with Gasteiger partial charge in [-0.15, -0.1) is 0 Å². The van der Waals surface area contributed by atoms with Crippen LogP contribution in [-0.4, -0.2) is 51.8 Å². The molecule has 0 saturated carbocycles. The number of benzene rings is 2. The van der Waals surface area contributed by atoms with Crippen molar-refractivity contribution >= 4 is 0 Å². The molecule has 1 unspecified atom stereocenters. The molecule has 0 spiro atoms. The van der Waals surface area contributed by atoms with E-state index in [0.29, 0.717) is 0 Å². The Kier molecular flexibility index (Phi) is 4.98. The minimum atomic E-state index is 0.748. The lowest BCUT2D eigenvalue weighted by Gasteiger charge is -2.37. The smallest absolute Gasteiger partial charge is 0.0972 e. The van der Waals surface area contributed by atoms with Crippen molar-refractivity contribution in [3.05, 3.63) is 71.4 Å². The molecule has 1 aromatic heterocycles. The van der Waals surface area contributed by atoms with E-state index in [1.54, 1.807) is 0 Å². The van der Waals surface area contributed by atoms with E-state index >= 15 is 0 Å². The summed E-state index contributed by atoms with van der Waals surface area (Å²) in [6, 6.07) is 18.0. The molecule has 4 nitrogen and oxygen atoms in total. The van der Waals surface area contributed by atoms with Gasteiger partial charge in [0.15, 0.2) is 0 Å². The van der Waals surface area contributed by atoms with Crippen molar-refractivity contribution in [2.75, 3.05) is 26.2 Å². The average Bonchev–Trinajstić information content (AvgIpc) is 3.37. The summed E-state index contributed by atoms with van der Waals surface area (Å²) in [7, 11) is 0. The molecule has 1 atom stereocenters. The Labute approximate surface area is 173 Å². The van der Waals surface area contributed by atoms with E-state index < -0.39 is 0 Å². The average molecular weight is 387 g/mol. The number of hydrogen-bond donors (Lipinski definition) is 0. The molecular weight excluding hydrogens is 356 g/mol. The minimum absolute atomic E-state index is 0.748. The highest BCUT2D eigenvalue weighted by molar-refractivity contribution is 5.63. The monoisotopic (exact) mass is 386 g/mol. The molecule has 0 N–H and O–H groups in total. The lowest BCUT2D eigenvalue weighted by molar-refractivity contribution is 0.0995. The summed E-state index contributed by atoms with van der Waals surface area (Å²) in [5.74, 6) is 0. The number of piperazine rings is 1. The highest BCUT2D eigenvalue weighted by atomic mass is 15.3. The molecule has 2 saturated heterocycles. The Morgan fingerprint density at radius 2 is 1.86 bits per heavy atom. The maximum atomic E-state index is 5.06. The molecule has 0 amide bonds. The summed E-state index contributed by atoms with van der Waals surface area (Å²) in [4.78, 5) is 5.30. The van der Waals surface area contributed by atoms with Gasteiger partial charge in [0.1, 0.15) is 0 Å². The third-order valence-corrected chi connectivity index (χ3v) is 6.51. The lowest BCUT2D eigenvalue weighted by Crippen LogP contribution is -2.49. The molecule has 2 aliphatic heterocycles. The van der Waals surface area contributed by atoms with Crippen LogP contribution >= 0.6 is 0 Å². The largest absolute Gasteiger partial charge is 0.298 e. The quantitative estimate of drug-likeness (QED) is 0.663. The summed E-state index contributed by atoms with van der Waals surface area (Å²) >= 11 is 0. The van der Waals surface area contributed by atoms with Crippen LogP contribution in [0.5, 0.6) is 0 Å². The van der Waals surface area contributed by atoms with Gasteiger partial charge in [-0.3, -0.25) is 9.80 Å². The fourth-order valence-electron chi connectivity index (χ4n) is 4.89. The van der Waals surface area contributed by atoms with Gasteiger partial charge in [-0.2, -0.15) is 5.10 Å². The van der Waals surface area contributed by atoms with Crippen molar-refractivity contribution in [2.45, 2.75) is 39.3 Å². The first kappa shape index (κ1) is 18.6. The third-order valence-electron chi connectivity index (χ3n) is 6.51. The summed E-state index contributed by atoms with van der Waals surface area (Å²) in [5.41, 5.74) is 7.33. The van der Waals surface area contributed by atoms with Crippen LogP contribution in [0.25, 0.3) is 16.9 Å². The van der Waals surface area contributed by atoms with Gasteiger partial charge in [0, 0.05) is 49.5 Å². The van der Waals surface area contributed by atoms with E-state index in [1.165, 1.54) is 60.4 Å². The summed E-state index contributed by atoms with van der Waals surface area (Å²) in [5, 5.41) is 5.06. The zero-order valence-electron chi connectivity index (χ0n) is 17.5. The van der Waals surface area contributed by atoms with Gasteiger partial charge in [-0.1, -0.05) is 42.5 Å². The van der Waals surface area contributed by atoms with Crippen LogP contribution in [0.2, 0.25) is 0 Å². The first-order chi connectivity index (χ1) is 14.2. The van der Waals surface area contributed by atoms with Crippen LogP contribution < -0.4 is 0 Å². The topological polar surface area (TPSA) is 24.3 Å². The van der Waals surface area contributed by atoms with E-state index in [2.05, 4.69) is 83.1 Å². The first-order valence-electron chi connectivity index (χ1n) is 10.9. The van der Waals surface area contributed by atoms with Crippen LogP contribution in [0, 0.1) is 13.8 Å². The van der Waals surface area contributed by atoms with Crippen molar-refractivity contribution in [1.29, 1.82) is 0 Å². The van der Waals surface area contributed by atoms with E-state index in [1.807, 2.05) is 0 Å². The van der Waals surface area contributed by atoms with Crippen LogP contribution in [0.3, 0.4) is 0 Å². The second-order valence-electron chi connectivity index (χ2n) is 8.67. The Bertz CT molecular complexity index is 991. The van der Waals surface area contributed by atoms with E-state index in [4.69, 9.17) is 5.10 Å². The maximum Gasteiger partial charge on any atom is 0.0972 e. The first-order valence-corrected chi connectivity index (χ1v) is 10.9. The van der Waals surface area contributed by atoms with Crippen LogP contribution in [0.15, 0.2) is 54.7 Å². The normalized spacial score (nSPS) is 20.1. The molecule has 2 aromatic carbocycles. The molecule has 2 fully saturated rings. The van der Waals surface area contributed by atoms with E-state index in [-0.39, 0.29) is 0 Å². The second-order valence-corrected chi connectivity index (χ2v) is 8.67. The molecule has 29 heavy (non-hydrogen) atoms. The molecule has 4 heteroatoms. The molecule has 0 aliphatic carbocycles. The van der Waals surface area contributed by atoms with Gasteiger partial charge in [0.05, 0.1) is 11.4 Å². The second kappa shape index (κ2) is 7.77. The van der Waals surface area contributed by atoms with Gasteiger partial charge in [0.25, 0.3) is 0 Å². The number of hydrogen-bond acceptors (Lipinski definition) is 3. The highest BCUT2D eigenvalue weighted by Crippen LogP contribution is 2.28. The molecule has 0 radical (unpaired) electrons. The van der Waals surface area contributed by atoms with Gasteiger partial charge in [-0.25, -0.2) is 4.68 Å². The predicted octanol–water partition coefficient (Wildman–Crippen LogP) is 4.44. The van der Waals surface area contributed by atoms with Crippen molar-refractivity contribution in [2.24, 2.45) is 0 Å². The van der Waals surface area contributed by atoms with Gasteiger partial charge in [0.2, 0.25) is 0 Å². The van der Waals surface area contributed by atoms with Crippen LogP contribution in [0.4, 0.5) is 0 Å². The fraction of sp³-hybridized carbons (Fsp3) is 0.400. The number of aromatic nitrogens is 2. The number of rotatable bonds is 4. The zero-order chi connectivity index (χ0) is 19.8. The van der Waals surface area contributed by atoms with Crippen molar-refractivity contribution in [3.63, 3.8) is 0 Å². The third kappa shape index (κ3) is 3.75. The Morgan fingerprint density at radius 3 is 2.72 bits per heavy atom. The Hall–Kier alpha value is -2.43. The Morgan fingerprint density at radius 1 is 1.00 bits per heavy atom.